The highest BCUT2D eigenvalue weighted by atomic mass is 16.7. The molecule has 7 N–H and O–H groups in total. The molecule has 0 aromatic carbocycles. The second kappa shape index (κ2) is 38.3. The third-order valence-corrected chi connectivity index (χ3v) is 11.8. The van der Waals surface area contributed by atoms with E-state index in [0.29, 0.717) is 12.8 Å². The van der Waals surface area contributed by atoms with Crippen LogP contribution in [0.15, 0.2) is 48.6 Å². The Labute approximate surface area is 395 Å². The van der Waals surface area contributed by atoms with Crippen molar-refractivity contribution in [2.45, 2.75) is 235 Å². The Balaban J connectivity index is 1.83. The van der Waals surface area contributed by atoms with Crippen LogP contribution < -0.4 is 0 Å². The molecule has 0 aromatic heterocycles. The van der Waals surface area contributed by atoms with Crippen LogP contribution >= 0.6 is 0 Å². The van der Waals surface area contributed by atoms with Gasteiger partial charge in [0.1, 0.15) is 55.4 Å². The standard InChI is InChI=1S/C51H88O15/c1-3-5-7-9-11-13-15-17-19-21-23-25-27-29-31-33-42(53)61-36-39(64-43(54)34-32-30-28-26-24-22-20-18-16-14-12-10-8-6-4-2)37-62-50-49(60)47(58)45(56)41(66-50)38-63-51-48(59)46(57)44(55)40(35-52)65-51/h6,8,12,14,18,20-21,23,39-41,44-52,55-60H,3-5,7,9-11,13,15-17,19,22,24-38H2,1-2H3/b8-6+,14-12+,20-18+,23-21+/t39-,40-,41-,44+,45+,46?,47?,48?,49?,50-,51-/m1/s1. The van der Waals surface area contributed by atoms with E-state index in [1.165, 1.54) is 51.4 Å². The van der Waals surface area contributed by atoms with Crippen LogP contribution in [-0.2, 0) is 38.0 Å². The summed E-state index contributed by atoms with van der Waals surface area (Å²) in [5, 5.41) is 72.0. The number of aliphatic hydroxyl groups is 7. The number of unbranched alkanes of at least 4 members (excludes halogenated alkanes) is 16. The number of aliphatic hydroxyl groups excluding tert-OH is 7. The zero-order valence-electron chi connectivity index (χ0n) is 40.2. The maximum Gasteiger partial charge on any atom is 0.306 e. The van der Waals surface area contributed by atoms with Gasteiger partial charge in [-0.25, -0.2) is 0 Å². The predicted molar refractivity (Wildman–Crippen MR) is 252 cm³/mol. The van der Waals surface area contributed by atoms with Crippen LogP contribution in [0.5, 0.6) is 0 Å². The number of carbonyl (C=O) groups excluding carboxylic acids is 2. The summed E-state index contributed by atoms with van der Waals surface area (Å²) >= 11 is 0. The van der Waals surface area contributed by atoms with E-state index < -0.39 is 99.3 Å². The lowest BCUT2D eigenvalue weighted by molar-refractivity contribution is -0.332. The first-order valence-electron chi connectivity index (χ1n) is 25.2. The van der Waals surface area contributed by atoms with Gasteiger partial charge in [-0.3, -0.25) is 9.59 Å². The molecule has 2 heterocycles. The molecule has 0 amide bonds. The van der Waals surface area contributed by atoms with E-state index in [9.17, 15) is 45.3 Å². The monoisotopic (exact) mass is 941 g/mol. The Bertz CT molecular complexity index is 1340. The lowest BCUT2D eigenvalue weighted by Gasteiger charge is -2.42. The molecule has 15 heteroatoms. The van der Waals surface area contributed by atoms with E-state index in [1.807, 2.05) is 0 Å². The van der Waals surface area contributed by atoms with Gasteiger partial charge in [-0.1, -0.05) is 133 Å². The first-order chi connectivity index (χ1) is 32.0. The molecular formula is C51H88O15. The molecule has 11 atom stereocenters. The third kappa shape index (κ3) is 26.3. The number of hydrogen-bond donors (Lipinski definition) is 7. The van der Waals surface area contributed by atoms with Crippen molar-refractivity contribution in [2.75, 3.05) is 26.4 Å². The van der Waals surface area contributed by atoms with Crippen molar-refractivity contribution in [3.8, 4) is 0 Å². The smallest absolute Gasteiger partial charge is 0.306 e. The number of carbonyl (C=O) groups is 2. The SMILES string of the molecule is CC/C=C/C/C=C/C/C=C/CCCCCCCC(=O)O[C@H](COC(=O)CCCCC/C=C/CCCCCCCCCC)CO[C@@H]1O[C@H](CO[C@@H]2O[C@H](CO)[C@H](O)C(O)C2O)[C@H](O)C(O)C1O. The van der Waals surface area contributed by atoms with Crippen LogP contribution in [-0.4, -0.2) is 142 Å². The van der Waals surface area contributed by atoms with Crippen molar-refractivity contribution in [1.82, 2.24) is 0 Å². The predicted octanol–water partition coefficient (Wildman–Crippen LogP) is 6.71. The lowest BCUT2D eigenvalue weighted by atomic mass is 9.98. The lowest BCUT2D eigenvalue weighted by Crippen LogP contribution is -2.61. The van der Waals surface area contributed by atoms with E-state index in [0.717, 1.165) is 77.0 Å². The minimum absolute atomic E-state index is 0.141. The Morgan fingerprint density at radius 1 is 0.500 bits per heavy atom. The molecule has 2 aliphatic rings. The molecule has 66 heavy (non-hydrogen) atoms. The molecule has 2 fully saturated rings. The third-order valence-electron chi connectivity index (χ3n) is 11.8. The maximum absolute atomic E-state index is 13.0. The molecule has 0 bridgehead atoms. The molecule has 0 radical (unpaired) electrons. The molecular weight excluding hydrogens is 853 g/mol. The molecule has 0 aromatic rings. The Kier molecular flexibility index (Phi) is 34.6. The van der Waals surface area contributed by atoms with E-state index in [2.05, 4.69) is 62.5 Å². The maximum atomic E-state index is 13.0. The van der Waals surface area contributed by atoms with Gasteiger partial charge < -0.3 is 64.2 Å². The minimum atomic E-state index is -1.77. The van der Waals surface area contributed by atoms with Crippen LogP contribution in [0.25, 0.3) is 0 Å². The summed E-state index contributed by atoms with van der Waals surface area (Å²) in [4.78, 5) is 25.7. The number of hydrogen-bond acceptors (Lipinski definition) is 15. The summed E-state index contributed by atoms with van der Waals surface area (Å²) in [7, 11) is 0. The van der Waals surface area contributed by atoms with Crippen LogP contribution in [0.4, 0.5) is 0 Å². The van der Waals surface area contributed by atoms with Crippen LogP contribution in [0.2, 0.25) is 0 Å². The second-order valence-corrected chi connectivity index (χ2v) is 17.6. The summed E-state index contributed by atoms with van der Waals surface area (Å²) in [6.45, 7) is 2.43. The van der Waals surface area contributed by atoms with Crippen molar-refractivity contribution < 1.29 is 73.8 Å². The molecule has 15 nitrogen and oxygen atoms in total. The fourth-order valence-electron chi connectivity index (χ4n) is 7.64. The van der Waals surface area contributed by atoms with Crippen LogP contribution in [0, 0.1) is 0 Å². The highest BCUT2D eigenvalue weighted by Gasteiger charge is 2.47. The van der Waals surface area contributed by atoms with E-state index in [1.54, 1.807) is 0 Å². The van der Waals surface area contributed by atoms with Gasteiger partial charge in [-0.15, -0.1) is 0 Å². The number of ether oxygens (including phenoxy) is 6. The van der Waals surface area contributed by atoms with E-state index in [-0.39, 0.29) is 19.4 Å². The molecule has 2 rings (SSSR count). The summed E-state index contributed by atoms with van der Waals surface area (Å²) < 4.78 is 33.5. The zero-order chi connectivity index (χ0) is 48.2. The topological polar surface area (TPSA) is 231 Å². The van der Waals surface area contributed by atoms with Crippen LogP contribution in [0.3, 0.4) is 0 Å². The number of allylic oxidation sites excluding steroid dienone is 8. The summed E-state index contributed by atoms with van der Waals surface area (Å²) in [5.74, 6) is -0.965. The molecule has 2 aliphatic heterocycles. The molecule has 0 spiro atoms. The zero-order valence-corrected chi connectivity index (χ0v) is 40.2. The van der Waals surface area contributed by atoms with Gasteiger partial charge in [0.05, 0.1) is 19.8 Å². The average molecular weight is 941 g/mol. The molecule has 0 saturated carbocycles. The van der Waals surface area contributed by atoms with Crippen molar-refractivity contribution in [3.63, 3.8) is 0 Å². The first kappa shape index (κ1) is 59.6. The van der Waals surface area contributed by atoms with Gasteiger partial charge >= 0.3 is 11.9 Å². The van der Waals surface area contributed by atoms with Crippen molar-refractivity contribution >= 4 is 11.9 Å². The average Bonchev–Trinajstić information content (AvgIpc) is 3.31. The quantitative estimate of drug-likeness (QED) is 0.0194. The Morgan fingerprint density at radius 3 is 1.53 bits per heavy atom. The van der Waals surface area contributed by atoms with Gasteiger partial charge in [0.2, 0.25) is 0 Å². The first-order valence-corrected chi connectivity index (χ1v) is 25.2. The summed E-state index contributed by atoms with van der Waals surface area (Å²) in [5.41, 5.74) is 0. The summed E-state index contributed by atoms with van der Waals surface area (Å²) in [6.07, 6.45) is 24.3. The highest BCUT2D eigenvalue weighted by Crippen LogP contribution is 2.26. The van der Waals surface area contributed by atoms with Gasteiger partial charge in [0, 0.05) is 12.8 Å². The second-order valence-electron chi connectivity index (χ2n) is 17.6. The molecule has 0 aliphatic carbocycles. The molecule has 2 saturated heterocycles. The van der Waals surface area contributed by atoms with Gasteiger partial charge in [0.15, 0.2) is 18.7 Å². The van der Waals surface area contributed by atoms with Crippen molar-refractivity contribution in [1.29, 1.82) is 0 Å². The van der Waals surface area contributed by atoms with E-state index in [4.69, 9.17) is 28.4 Å². The number of esters is 2. The van der Waals surface area contributed by atoms with Gasteiger partial charge in [-0.2, -0.15) is 0 Å². The van der Waals surface area contributed by atoms with Crippen LogP contribution in [0.1, 0.15) is 168 Å². The fourth-order valence-corrected chi connectivity index (χ4v) is 7.64. The molecule has 382 valence electrons. The van der Waals surface area contributed by atoms with Gasteiger partial charge in [0.25, 0.3) is 0 Å². The Hall–Kier alpha value is -2.54. The fraction of sp³-hybridized carbons (Fsp3) is 0.804. The number of rotatable bonds is 38. The van der Waals surface area contributed by atoms with Crippen molar-refractivity contribution in [3.05, 3.63) is 48.6 Å². The summed E-state index contributed by atoms with van der Waals surface area (Å²) in [6, 6.07) is 0. The van der Waals surface area contributed by atoms with E-state index >= 15 is 0 Å². The molecule has 4 unspecified atom stereocenters. The highest BCUT2D eigenvalue weighted by molar-refractivity contribution is 5.70. The largest absolute Gasteiger partial charge is 0.462 e. The van der Waals surface area contributed by atoms with Gasteiger partial charge in [-0.05, 0) is 70.6 Å². The Morgan fingerprint density at radius 2 is 0.955 bits per heavy atom. The normalized spacial score (nSPS) is 26.6. The minimum Gasteiger partial charge on any atom is -0.462 e. The van der Waals surface area contributed by atoms with Crippen molar-refractivity contribution in [2.24, 2.45) is 0 Å².